The molecule has 2 N–H and O–H groups in total. The summed E-state index contributed by atoms with van der Waals surface area (Å²) < 4.78 is 0. The third kappa shape index (κ3) is 9.66. The van der Waals surface area contributed by atoms with E-state index in [0.29, 0.717) is 18.1 Å². The fraction of sp³-hybridized carbons (Fsp3) is 0.696. The van der Waals surface area contributed by atoms with Crippen molar-refractivity contribution in [2.75, 3.05) is 33.2 Å². The van der Waals surface area contributed by atoms with E-state index < -0.39 is 0 Å². The summed E-state index contributed by atoms with van der Waals surface area (Å²) in [7, 11) is 2.20. The van der Waals surface area contributed by atoms with Crippen molar-refractivity contribution in [1.29, 1.82) is 0 Å². The third-order valence-electron chi connectivity index (χ3n) is 5.69. The van der Waals surface area contributed by atoms with Gasteiger partial charge in [-0.3, -0.25) is 9.89 Å². The van der Waals surface area contributed by atoms with Crippen molar-refractivity contribution in [3.8, 4) is 0 Å². The van der Waals surface area contributed by atoms with Crippen molar-refractivity contribution in [3.63, 3.8) is 0 Å². The highest BCUT2D eigenvalue weighted by atomic mass is 127. The van der Waals surface area contributed by atoms with Gasteiger partial charge in [-0.25, -0.2) is 0 Å². The summed E-state index contributed by atoms with van der Waals surface area (Å²) in [6, 6.07) is 12.4. The molecule has 1 aromatic rings. The van der Waals surface area contributed by atoms with E-state index in [-0.39, 0.29) is 24.0 Å². The van der Waals surface area contributed by atoms with Crippen molar-refractivity contribution >= 4 is 29.9 Å². The molecule has 1 aliphatic rings. The molecule has 2 rings (SSSR count). The Morgan fingerprint density at radius 1 is 1.24 bits per heavy atom. The van der Waals surface area contributed by atoms with Gasteiger partial charge in [0.25, 0.3) is 0 Å². The summed E-state index contributed by atoms with van der Waals surface area (Å²) in [5.41, 5.74) is 1.39. The van der Waals surface area contributed by atoms with Gasteiger partial charge in [0.1, 0.15) is 0 Å². The van der Waals surface area contributed by atoms with Gasteiger partial charge in [-0.1, -0.05) is 30.3 Å². The van der Waals surface area contributed by atoms with Gasteiger partial charge in [-0.05, 0) is 66.1 Å². The van der Waals surface area contributed by atoms with Crippen LogP contribution in [0.2, 0.25) is 0 Å². The Hall–Kier alpha value is -0.860. The SMILES string of the molecule is CCNC(=NCCCCN(C)C(C)C)NC1CC(C)N(Cc2ccccc2)C1.I. The number of hydrogen-bond acceptors (Lipinski definition) is 3. The number of halogens is 1. The van der Waals surface area contributed by atoms with Crippen LogP contribution < -0.4 is 10.6 Å². The predicted molar refractivity (Wildman–Crippen MR) is 136 cm³/mol. The van der Waals surface area contributed by atoms with Crippen molar-refractivity contribution in [2.45, 2.75) is 71.6 Å². The van der Waals surface area contributed by atoms with E-state index in [1.54, 1.807) is 0 Å². The molecule has 1 aromatic carbocycles. The molecule has 0 aliphatic carbocycles. The molecule has 1 fully saturated rings. The number of benzene rings is 1. The molecule has 166 valence electrons. The molecule has 6 heteroatoms. The average Bonchev–Trinajstić information content (AvgIpc) is 3.01. The van der Waals surface area contributed by atoms with Crippen LogP contribution in [0.5, 0.6) is 0 Å². The van der Waals surface area contributed by atoms with E-state index in [1.165, 1.54) is 12.0 Å². The zero-order valence-corrected chi connectivity index (χ0v) is 21.4. The lowest BCUT2D eigenvalue weighted by atomic mass is 10.2. The van der Waals surface area contributed by atoms with Crippen LogP contribution in [0.15, 0.2) is 35.3 Å². The number of nitrogens with one attached hydrogen (secondary N) is 2. The maximum absolute atomic E-state index is 4.81. The predicted octanol–water partition coefficient (Wildman–Crippen LogP) is 3.94. The topological polar surface area (TPSA) is 42.9 Å². The molecule has 0 radical (unpaired) electrons. The van der Waals surface area contributed by atoms with Gasteiger partial charge in [0, 0.05) is 44.3 Å². The molecule has 0 bridgehead atoms. The number of guanidine groups is 1. The van der Waals surface area contributed by atoms with E-state index in [0.717, 1.165) is 51.5 Å². The molecule has 0 amide bonds. The average molecular weight is 516 g/mol. The second-order valence-corrected chi connectivity index (χ2v) is 8.38. The summed E-state index contributed by atoms with van der Waals surface area (Å²) in [4.78, 5) is 9.78. The first-order valence-corrected chi connectivity index (χ1v) is 11.0. The first-order valence-electron chi connectivity index (χ1n) is 11.0. The van der Waals surface area contributed by atoms with Crippen molar-refractivity contribution in [2.24, 2.45) is 4.99 Å². The standard InChI is InChI=1S/C23H41N5.HI/c1-6-24-23(25-14-10-11-15-27(5)19(2)3)26-22-16-20(4)28(18-22)17-21-12-8-7-9-13-21;/h7-9,12-13,19-20,22H,6,10-11,14-18H2,1-5H3,(H2,24,25,26);1H. The van der Waals surface area contributed by atoms with Crippen LogP contribution in [-0.2, 0) is 6.54 Å². The van der Waals surface area contributed by atoms with Crippen LogP contribution >= 0.6 is 24.0 Å². The molecule has 0 saturated carbocycles. The number of nitrogens with zero attached hydrogens (tertiary/aromatic N) is 3. The molecular formula is C23H42IN5. The van der Waals surface area contributed by atoms with E-state index in [4.69, 9.17) is 4.99 Å². The first kappa shape index (κ1) is 26.2. The first-order chi connectivity index (χ1) is 13.5. The van der Waals surface area contributed by atoms with Gasteiger partial charge in [-0.2, -0.15) is 0 Å². The van der Waals surface area contributed by atoms with Crippen LogP contribution in [-0.4, -0.2) is 67.1 Å². The van der Waals surface area contributed by atoms with E-state index in [2.05, 4.69) is 85.5 Å². The molecule has 5 nitrogen and oxygen atoms in total. The second-order valence-electron chi connectivity index (χ2n) is 8.38. The molecule has 1 aliphatic heterocycles. The van der Waals surface area contributed by atoms with Crippen molar-refractivity contribution in [1.82, 2.24) is 20.4 Å². The highest BCUT2D eigenvalue weighted by Crippen LogP contribution is 2.20. The quantitative estimate of drug-likeness (QED) is 0.215. The summed E-state index contributed by atoms with van der Waals surface area (Å²) in [5, 5.41) is 7.08. The Bertz CT molecular complexity index is 578. The lowest BCUT2D eigenvalue weighted by molar-refractivity contribution is 0.258. The van der Waals surface area contributed by atoms with Crippen molar-refractivity contribution < 1.29 is 0 Å². The molecule has 2 unspecified atom stereocenters. The van der Waals surface area contributed by atoms with Crippen LogP contribution in [0, 0.1) is 0 Å². The van der Waals surface area contributed by atoms with E-state index in [9.17, 15) is 0 Å². The summed E-state index contributed by atoms with van der Waals surface area (Å²) in [5.74, 6) is 0.971. The molecule has 2 atom stereocenters. The van der Waals surface area contributed by atoms with Crippen LogP contribution in [0.4, 0.5) is 0 Å². The summed E-state index contributed by atoms with van der Waals surface area (Å²) in [6.07, 6.45) is 3.49. The summed E-state index contributed by atoms with van der Waals surface area (Å²) in [6.45, 7) is 14.0. The van der Waals surface area contributed by atoms with Gasteiger partial charge in [0.2, 0.25) is 0 Å². The summed E-state index contributed by atoms with van der Waals surface area (Å²) >= 11 is 0. The number of unbranched alkanes of at least 4 members (excludes halogenated alkanes) is 1. The largest absolute Gasteiger partial charge is 0.357 e. The normalized spacial score (nSPS) is 20.2. The lowest BCUT2D eigenvalue weighted by Crippen LogP contribution is -2.44. The van der Waals surface area contributed by atoms with E-state index >= 15 is 0 Å². The highest BCUT2D eigenvalue weighted by Gasteiger charge is 2.29. The van der Waals surface area contributed by atoms with Gasteiger partial charge in [0.05, 0.1) is 0 Å². The Morgan fingerprint density at radius 2 is 1.97 bits per heavy atom. The molecule has 0 aromatic heterocycles. The Morgan fingerprint density at radius 3 is 2.62 bits per heavy atom. The molecule has 29 heavy (non-hydrogen) atoms. The zero-order chi connectivity index (χ0) is 20.4. The fourth-order valence-electron chi connectivity index (χ4n) is 3.68. The van der Waals surface area contributed by atoms with Gasteiger partial charge in [0.15, 0.2) is 5.96 Å². The van der Waals surface area contributed by atoms with Crippen LogP contribution in [0.25, 0.3) is 0 Å². The minimum Gasteiger partial charge on any atom is -0.357 e. The Balaban J connectivity index is 0.00000420. The maximum Gasteiger partial charge on any atom is 0.191 e. The number of likely N-dealkylation sites (tertiary alicyclic amines) is 1. The molecular weight excluding hydrogens is 473 g/mol. The molecule has 1 saturated heterocycles. The minimum absolute atomic E-state index is 0. The smallest absolute Gasteiger partial charge is 0.191 e. The van der Waals surface area contributed by atoms with Gasteiger partial charge >= 0.3 is 0 Å². The fourth-order valence-corrected chi connectivity index (χ4v) is 3.68. The lowest BCUT2D eigenvalue weighted by Gasteiger charge is -2.21. The Labute approximate surface area is 195 Å². The number of hydrogen-bond donors (Lipinski definition) is 2. The zero-order valence-electron chi connectivity index (χ0n) is 19.0. The molecule has 1 heterocycles. The number of rotatable bonds is 10. The minimum atomic E-state index is 0. The molecule has 0 spiro atoms. The Kier molecular flexibility index (Phi) is 12.8. The third-order valence-corrected chi connectivity index (χ3v) is 5.69. The van der Waals surface area contributed by atoms with Crippen LogP contribution in [0.3, 0.4) is 0 Å². The second kappa shape index (κ2) is 14.2. The van der Waals surface area contributed by atoms with Crippen LogP contribution in [0.1, 0.15) is 52.5 Å². The monoisotopic (exact) mass is 515 g/mol. The van der Waals surface area contributed by atoms with Crippen molar-refractivity contribution in [3.05, 3.63) is 35.9 Å². The highest BCUT2D eigenvalue weighted by molar-refractivity contribution is 14.0. The van der Waals surface area contributed by atoms with Gasteiger partial charge < -0.3 is 15.5 Å². The maximum atomic E-state index is 4.81. The van der Waals surface area contributed by atoms with Gasteiger partial charge in [-0.15, -0.1) is 24.0 Å². The number of aliphatic imine (C=N–C) groups is 1. The van der Waals surface area contributed by atoms with E-state index in [1.807, 2.05) is 0 Å².